The summed E-state index contributed by atoms with van der Waals surface area (Å²) in [5, 5.41) is 0. The molecule has 0 saturated carbocycles. The molecule has 1 aromatic rings. The van der Waals surface area contributed by atoms with Gasteiger partial charge >= 0.3 is 0 Å². The molecule has 7 nitrogen and oxygen atoms in total. The standard InChI is InChI=1S/C17H24N2O5S/c1-23-15-5-3-4-14(8-15)16(20)19-11-17(12-19)7-6-13(10-24-17)9-18-25(2,21)22/h3-5,8,13,18H,6-7,9-12H2,1-2H3. The first-order valence-electron chi connectivity index (χ1n) is 8.32. The van der Waals surface area contributed by atoms with Gasteiger partial charge in [-0.3, -0.25) is 4.79 Å². The van der Waals surface area contributed by atoms with Gasteiger partial charge in [-0.2, -0.15) is 0 Å². The van der Waals surface area contributed by atoms with Gasteiger partial charge in [-0.25, -0.2) is 13.1 Å². The normalized spacial score (nSPS) is 22.5. The Kier molecular flexibility index (Phi) is 5.04. The van der Waals surface area contributed by atoms with Crippen LogP contribution in [0.1, 0.15) is 23.2 Å². The highest BCUT2D eigenvalue weighted by molar-refractivity contribution is 7.88. The van der Waals surface area contributed by atoms with E-state index in [0.717, 1.165) is 19.1 Å². The number of hydrogen-bond acceptors (Lipinski definition) is 5. The van der Waals surface area contributed by atoms with Crippen LogP contribution in [0.15, 0.2) is 24.3 Å². The Hall–Kier alpha value is -1.64. The number of sulfonamides is 1. The maximum Gasteiger partial charge on any atom is 0.254 e. The molecule has 2 fully saturated rings. The second kappa shape index (κ2) is 6.93. The number of likely N-dealkylation sites (tertiary alicyclic amines) is 1. The molecule has 1 unspecified atom stereocenters. The zero-order chi connectivity index (χ0) is 18.1. The van der Waals surface area contributed by atoms with E-state index in [0.29, 0.717) is 37.6 Å². The molecule has 2 saturated heterocycles. The second-order valence-corrected chi connectivity index (χ2v) is 8.75. The number of methoxy groups -OCH3 is 1. The molecule has 0 aromatic heterocycles. The molecule has 1 spiro atoms. The lowest BCUT2D eigenvalue weighted by Gasteiger charge is -2.52. The fourth-order valence-corrected chi connectivity index (χ4v) is 3.87. The SMILES string of the molecule is COc1cccc(C(=O)N2CC3(CCC(CNS(C)(=O)=O)CO3)C2)c1. The van der Waals surface area contributed by atoms with Crippen LogP contribution in [0.5, 0.6) is 5.75 Å². The lowest BCUT2D eigenvalue weighted by molar-refractivity contribution is -0.165. The fourth-order valence-electron chi connectivity index (χ4n) is 3.33. The van der Waals surface area contributed by atoms with Crippen molar-refractivity contribution in [2.24, 2.45) is 5.92 Å². The average Bonchev–Trinajstić information content (AvgIpc) is 2.57. The maximum atomic E-state index is 12.5. The summed E-state index contributed by atoms with van der Waals surface area (Å²) in [6, 6.07) is 7.13. The average molecular weight is 368 g/mol. The topological polar surface area (TPSA) is 84.9 Å². The Morgan fingerprint density at radius 3 is 2.80 bits per heavy atom. The minimum atomic E-state index is -3.17. The van der Waals surface area contributed by atoms with Crippen LogP contribution in [-0.2, 0) is 14.8 Å². The van der Waals surface area contributed by atoms with Gasteiger partial charge in [0.25, 0.3) is 5.91 Å². The minimum Gasteiger partial charge on any atom is -0.497 e. The second-order valence-electron chi connectivity index (χ2n) is 6.91. The first-order chi connectivity index (χ1) is 11.8. The van der Waals surface area contributed by atoms with Gasteiger partial charge in [0.05, 0.1) is 33.1 Å². The Morgan fingerprint density at radius 2 is 2.20 bits per heavy atom. The number of carbonyl (C=O) groups is 1. The van der Waals surface area contributed by atoms with Crippen molar-refractivity contribution < 1.29 is 22.7 Å². The van der Waals surface area contributed by atoms with Crippen LogP contribution in [0.2, 0.25) is 0 Å². The van der Waals surface area contributed by atoms with Gasteiger partial charge in [0.1, 0.15) is 11.4 Å². The van der Waals surface area contributed by atoms with Crippen molar-refractivity contribution in [1.29, 1.82) is 0 Å². The van der Waals surface area contributed by atoms with Crippen molar-refractivity contribution in [2.75, 3.05) is 39.6 Å². The molecular weight excluding hydrogens is 344 g/mol. The number of nitrogens with one attached hydrogen (secondary N) is 1. The minimum absolute atomic E-state index is 0.0195. The molecule has 2 aliphatic heterocycles. The van der Waals surface area contributed by atoms with Gasteiger partial charge < -0.3 is 14.4 Å². The van der Waals surface area contributed by atoms with E-state index in [2.05, 4.69) is 4.72 Å². The van der Waals surface area contributed by atoms with Gasteiger partial charge in [-0.1, -0.05) is 6.07 Å². The molecule has 1 atom stereocenters. The monoisotopic (exact) mass is 368 g/mol. The molecule has 2 heterocycles. The smallest absolute Gasteiger partial charge is 0.254 e. The third-order valence-electron chi connectivity index (χ3n) is 4.83. The lowest BCUT2D eigenvalue weighted by Crippen LogP contribution is -2.66. The van der Waals surface area contributed by atoms with E-state index in [9.17, 15) is 13.2 Å². The molecule has 0 bridgehead atoms. The third-order valence-corrected chi connectivity index (χ3v) is 5.52. The molecule has 1 N–H and O–H groups in total. The van der Waals surface area contributed by atoms with Crippen molar-refractivity contribution in [1.82, 2.24) is 9.62 Å². The zero-order valence-corrected chi connectivity index (χ0v) is 15.3. The molecule has 0 aliphatic carbocycles. The first kappa shape index (κ1) is 18.2. The number of nitrogens with zero attached hydrogens (tertiary/aromatic N) is 1. The summed E-state index contributed by atoms with van der Waals surface area (Å²) in [6.45, 7) is 2.08. The van der Waals surface area contributed by atoms with Crippen molar-refractivity contribution in [3.8, 4) is 5.75 Å². The Balaban J connectivity index is 1.50. The predicted molar refractivity (Wildman–Crippen MR) is 93.2 cm³/mol. The van der Waals surface area contributed by atoms with Crippen LogP contribution in [0, 0.1) is 5.92 Å². The number of amides is 1. The van der Waals surface area contributed by atoms with Crippen LogP contribution in [0.3, 0.4) is 0 Å². The van der Waals surface area contributed by atoms with Crippen molar-refractivity contribution >= 4 is 15.9 Å². The molecule has 3 rings (SSSR count). The number of ether oxygens (including phenoxy) is 2. The van der Waals surface area contributed by atoms with Crippen molar-refractivity contribution in [2.45, 2.75) is 18.4 Å². The third kappa shape index (κ3) is 4.31. The van der Waals surface area contributed by atoms with E-state index in [1.54, 1.807) is 30.2 Å². The van der Waals surface area contributed by atoms with Crippen LogP contribution in [-0.4, -0.2) is 64.4 Å². The highest BCUT2D eigenvalue weighted by atomic mass is 32.2. The molecular formula is C17H24N2O5S. The summed E-state index contributed by atoms with van der Waals surface area (Å²) in [4.78, 5) is 14.3. The summed E-state index contributed by atoms with van der Waals surface area (Å²) >= 11 is 0. The van der Waals surface area contributed by atoms with Gasteiger partial charge in [-0.15, -0.1) is 0 Å². The van der Waals surface area contributed by atoms with E-state index in [1.807, 2.05) is 6.07 Å². The van der Waals surface area contributed by atoms with E-state index < -0.39 is 10.0 Å². The Morgan fingerprint density at radius 1 is 1.44 bits per heavy atom. The predicted octanol–water partition coefficient (Wildman–Crippen LogP) is 0.866. The van der Waals surface area contributed by atoms with Gasteiger partial charge in [0, 0.05) is 12.1 Å². The summed E-state index contributed by atoms with van der Waals surface area (Å²) < 4.78 is 36.0. The highest BCUT2D eigenvalue weighted by Gasteiger charge is 2.48. The molecule has 2 aliphatic rings. The number of hydrogen-bond donors (Lipinski definition) is 1. The molecule has 0 radical (unpaired) electrons. The molecule has 25 heavy (non-hydrogen) atoms. The number of benzene rings is 1. The molecule has 138 valence electrons. The molecule has 8 heteroatoms. The largest absolute Gasteiger partial charge is 0.497 e. The highest BCUT2D eigenvalue weighted by Crippen LogP contribution is 2.36. The summed E-state index contributed by atoms with van der Waals surface area (Å²) in [6.07, 6.45) is 2.89. The quantitative estimate of drug-likeness (QED) is 0.833. The molecule has 1 aromatic carbocycles. The molecule has 1 amide bonds. The van der Waals surface area contributed by atoms with Gasteiger partial charge in [-0.05, 0) is 37.0 Å². The van der Waals surface area contributed by atoms with Gasteiger partial charge in [0.15, 0.2) is 0 Å². The Bertz CT molecular complexity index is 733. The number of rotatable bonds is 5. The van der Waals surface area contributed by atoms with Crippen LogP contribution in [0.4, 0.5) is 0 Å². The first-order valence-corrected chi connectivity index (χ1v) is 10.2. The van der Waals surface area contributed by atoms with Crippen molar-refractivity contribution in [3.05, 3.63) is 29.8 Å². The number of carbonyl (C=O) groups excluding carboxylic acids is 1. The van der Waals surface area contributed by atoms with Crippen molar-refractivity contribution in [3.63, 3.8) is 0 Å². The summed E-state index contributed by atoms with van der Waals surface area (Å²) in [5.74, 6) is 0.827. The van der Waals surface area contributed by atoms with E-state index >= 15 is 0 Å². The summed E-state index contributed by atoms with van der Waals surface area (Å²) in [7, 11) is -1.59. The zero-order valence-electron chi connectivity index (χ0n) is 14.5. The van der Waals surface area contributed by atoms with E-state index in [4.69, 9.17) is 9.47 Å². The van der Waals surface area contributed by atoms with Gasteiger partial charge in [0.2, 0.25) is 10.0 Å². The van der Waals surface area contributed by atoms with Crippen LogP contribution < -0.4 is 9.46 Å². The van der Waals surface area contributed by atoms with E-state index in [-0.39, 0.29) is 17.4 Å². The Labute approximate surface area is 148 Å². The summed E-state index contributed by atoms with van der Waals surface area (Å²) in [5.41, 5.74) is 0.344. The van der Waals surface area contributed by atoms with Crippen LogP contribution >= 0.6 is 0 Å². The van der Waals surface area contributed by atoms with Crippen LogP contribution in [0.25, 0.3) is 0 Å². The maximum absolute atomic E-state index is 12.5. The fraction of sp³-hybridized carbons (Fsp3) is 0.588. The van der Waals surface area contributed by atoms with E-state index in [1.165, 1.54) is 0 Å². The lowest BCUT2D eigenvalue weighted by atomic mass is 9.82.